The van der Waals surface area contributed by atoms with Crippen LogP contribution >= 0.6 is 12.2 Å². The summed E-state index contributed by atoms with van der Waals surface area (Å²) in [5, 5.41) is 1.15. The molecule has 0 rings (SSSR count). The summed E-state index contributed by atoms with van der Waals surface area (Å²) in [7, 11) is 0. The van der Waals surface area contributed by atoms with Gasteiger partial charge in [-0.1, -0.05) is 18.8 Å². The lowest BCUT2D eigenvalue weighted by atomic mass is 10.4. The van der Waals surface area contributed by atoms with Crippen molar-refractivity contribution < 1.29 is 9.63 Å². The highest BCUT2D eigenvalue weighted by atomic mass is 32.1. The van der Waals surface area contributed by atoms with Crippen LogP contribution in [0.5, 0.6) is 0 Å². The van der Waals surface area contributed by atoms with Gasteiger partial charge in [0, 0.05) is 5.57 Å². The molecule has 0 aromatic carbocycles. The van der Waals surface area contributed by atoms with Crippen LogP contribution < -0.4 is 0 Å². The van der Waals surface area contributed by atoms with E-state index in [1.54, 1.807) is 13.8 Å². The number of nitrogens with zero attached hydrogens (tertiary/aromatic N) is 1. The van der Waals surface area contributed by atoms with Crippen LogP contribution in [0.1, 0.15) is 13.8 Å². The van der Waals surface area contributed by atoms with Crippen LogP contribution in [0.15, 0.2) is 12.2 Å². The molecule has 0 aliphatic rings. The van der Waals surface area contributed by atoms with E-state index in [9.17, 15) is 4.79 Å². The Kier molecular flexibility index (Phi) is 4.45. The number of carbonyl (C=O) groups is 1. The smallest absolute Gasteiger partial charge is 0.335 e. The van der Waals surface area contributed by atoms with Gasteiger partial charge in [0.15, 0.2) is 5.49 Å². The zero-order valence-corrected chi connectivity index (χ0v) is 7.40. The summed E-state index contributed by atoms with van der Waals surface area (Å²) < 4.78 is 0. The summed E-state index contributed by atoms with van der Waals surface area (Å²) in [6.45, 7) is 7.27. The van der Waals surface area contributed by atoms with E-state index in [0.717, 1.165) is 5.06 Å². The highest BCUT2D eigenvalue weighted by Gasteiger charge is 2.06. The maximum atomic E-state index is 10.8. The molecule has 0 saturated heterocycles. The molecule has 0 aromatic rings. The highest BCUT2D eigenvalue weighted by Crippen LogP contribution is 1.95. The van der Waals surface area contributed by atoms with E-state index in [4.69, 9.17) is 0 Å². The van der Waals surface area contributed by atoms with Gasteiger partial charge in [0.1, 0.15) is 0 Å². The minimum atomic E-state index is -0.482. The molecule has 1 radical (unpaired) electrons. The van der Waals surface area contributed by atoms with Crippen molar-refractivity contribution in [3.63, 3.8) is 0 Å². The molecule has 0 unspecified atom stereocenters. The molecular weight excluding hydrogens is 162 g/mol. The molecule has 0 fully saturated rings. The number of hydrogen-bond donors (Lipinski definition) is 0. The van der Waals surface area contributed by atoms with Crippen LogP contribution in [0.4, 0.5) is 0 Å². The van der Waals surface area contributed by atoms with Gasteiger partial charge in [0.2, 0.25) is 0 Å². The largest absolute Gasteiger partial charge is 0.358 e. The third-order valence-electron chi connectivity index (χ3n) is 0.931. The molecular formula is C7H10NO2S. The second-order valence-corrected chi connectivity index (χ2v) is 2.13. The number of rotatable bonds is 4. The average molecular weight is 172 g/mol. The Hall–Kier alpha value is -0.900. The normalized spacial score (nSPS) is 8.55. The van der Waals surface area contributed by atoms with Gasteiger partial charge in [-0.2, -0.15) is 5.06 Å². The van der Waals surface area contributed by atoms with Gasteiger partial charge in [0.25, 0.3) is 0 Å². The predicted octanol–water partition coefficient (Wildman–Crippen LogP) is 1.18. The van der Waals surface area contributed by atoms with Crippen molar-refractivity contribution in [2.24, 2.45) is 0 Å². The molecule has 0 heterocycles. The van der Waals surface area contributed by atoms with Crippen molar-refractivity contribution in [1.82, 2.24) is 5.06 Å². The first-order valence-corrected chi connectivity index (χ1v) is 3.55. The molecule has 11 heavy (non-hydrogen) atoms. The molecule has 3 nitrogen and oxygen atoms in total. The van der Waals surface area contributed by atoms with Crippen molar-refractivity contribution in [3.8, 4) is 0 Å². The summed E-state index contributed by atoms with van der Waals surface area (Å²) >= 11 is 4.45. The zero-order chi connectivity index (χ0) is 8.85. The van der Waals surface area contributed by atoms with Gasteiger partial charge in [-0.25, -0.2) is 4.79 Å². The van der Waals surface area contributed by atoms with Gasteiger partial charge < -0.3 is 4.84 Å². The third-order valence-corrected chi connectivity index (χ3v) is 1.13. The minimum absolute atomic E-state index is 0.341. The summed E-state index contributed by atoms with van der Waals surface area (Å²) in [6, 6.07) is 0. The van der Waals surface area contributed by atoms with E-state index in [0.29, 0.717) is 12.1 Å². The van der Waals surface area contributed by atoms with Crippen LogP contribution in [0, 0.1) is 0 Å². The van der Waals surface area contributed by atoms with Crippen LogP contribution in [-0.4, -0.2) is 23.1 Å². The van der Waals surface area contributed by atoms with Crippen molar-refractivity contribution in [2.75, 3.05) is 6.54 Å². The topological polar surface area (TPSA) is 29.5 Å². The molecule has 0 aliphatic carbocycles. The lowest BCUT2D eigenvalue weighted by Crippen LogP contribution is -2.25. The van der Waals surface area contributed by atoms with E-state index in [2.05, 4.69) is 29.1 Å². The Morgan fingerprint density at radius 3 is 2.64 bits per heavy atom. The Balaban J connectivity index is 3.91. The Morgan fingerprint density at radius 1 is 1.82 bits per heavy atom. The molecule has 0 aromatic heterocycles. The second-order valence-electron chi connectivity index (χ2n) is 1.95. The molecule has 0 amide bonds. The quantitative estimate of drug-likeness (QED) is 0.275. The maximum absolute atomic E-state index is 10.8. The van der Waals surface area contributed by atoms with E-state index in [1.807, 2.05) is 0 Å². The molecule has 0 spiro atoms. The van der Waals surface area contributed by atoms with Gasteiger partial charge in [-0.15, -0.1) is 0 Å². The average Bonchev–Trinajstić information content (AvgIpc) is 1.99. The van der Waals surface area contributed by atoms with Crippen molar-refractivity contribution in [2.45, 2.75) is 13.8 Å². The Labute approximate surface area is 71.6 Å². The lowest BCUT2D eigenvalue weighted by molar-refractivity contribution is -0.165. The number of hydroxylamine groups is 2. The van der Waals surface area contributed by atoms with Gasteiger partial charge >= 0.3 is 5.97 Å². The SMILES string of the molecule is C=C(C)C(=O)ON([C]=S)CC. The van der Waals surface area contributed by atoms with Gasteiger partial charge in [0.05, 0.1) is 6.54 Å². The Morgan fingerprint density at radius 2 is 2.36 bits per heavy atom. The van der Waals surface area contributed by atoms with Crippen molar-refractivity contribution in [3.05, 3.63) is 12.2 Å². The molecule has 0 atom stereocenters. The van der Waals surface area contributed by atoms with Crippen LogP contribution in [0.3, 0.4) is 0 Å². The van der Waals surface area contributed by atoms with Gasteiger partial charge in [-0.05, 0) is 13.8 Å². The summed E-state index contributed by atoms with van der Waals surface area (Å²) in [5.41, 5.74) is 2.61. The van der Waals surface area contributed by atoms with Crippen molar-refractivity contribution >= 4 is 23.7 Å². The lowest BCUT2D eigenvalue weighted by Gasteiger charge is -2.13. The van der Waals surface area contributed by atoms with Crippen LogP contribution in [0.25, 0.3) is 0 Å². The van der Waals surface area contributed by atoms with E-state index < -0.39 is 5.97 Å². The summed E-state index contributed by atoms with van der Waals surface area (Å²) in [5.74, 6) is -0.482. The molecule has 0 bridgehead atoms. The molecule has 0 N–H and O–H groups in total. The van der Waals surface area contributed by atoms with Crippen molar-refractivity contribution in [1.29, 1.82) is 0 Å². The molecule has 61 valence electrons. The van der Waals surface area contributed by atoms with E-state index >= 15 is 0 Å². The third kappa shape index (κ3) is 3.72. The molecule has 0 saturated carbocycles. The van der Waals surface area contributed by atoms with Crippen LogP contribution in [-0.2, 0) is 9.63 Å². The second kappa shape index (κ2) is 4.85. The minimum Gasteiger partial charge on any atom is -0.335 e. The molecule has 4 heteroatoms. The maximum Gasteiger partial charge on any atom is 0.358 e. The number of thiocarbonyl (C=S) groups is 1. The standard InChI is InChI=1S/C7H10NO2S/c1-4-8(5-11)10-7(9)6(2)3/h2,4H2,1,3H3. The first-order valence-electron chi connectivity index (χ1n) is 3.15. The van der Waals surface area contributed by atoms with E-state index in [1.165, 1.54) is 0 Å². The fraction of sp³-hybridized carbons (Fsp3) is 0.429. The fourth-order valence-electron chi connectivity index (χ4n) is 0.326. The summed E-state index contributed by atoms with van der Waals surface area (Å²) in [4.78, 5) is 15.5. The first kappa shape index (κ1) is 10.1. The highest BCUT2D eigenvalue weighted by molar-refractivity contribution is 7.78. The number of carbonyl (C=O) groups excluding carboxylic acids is 1. The fourth-order valence-corrected chi connectivity index (χ4v) is 0.492. The monoisotopic (exact) mass is 172 g/mol. The zero-order valence-electron chi connectivity index (χ0n) is 6.59. The Bertz CT molecular complexity index is 179. The predicted molar refractivity (Wildman–Crippen MR) is 45.9 cm³/mol. The summed E-state index contributed by atoms with van der Waals surface area (Å²) in [6.07, 6.45) is 0. The van der Waals surface area contributed by atoms with Gasteiger partial charge in [-0.3, -0.25) is 0 Å². The molecule has 0 aliphatic heterocycles. The number of hydrogen-bond acceptors (Lipinski definition) is 3. The van der Waals surface area contributed by atoms with E-state index in [-0.39, 0.29) is 0 Å². The first-order chi connectivity index (χ1) is 5.11. The van der Waals surface area contributed by atoms with Crippen LogP contribution in [0.2, 0.25) is 0 Å².